The molecule has 3 rings (SSSR count). The van der Waals surface area contributed by atoms with E-state index in [0.717, 1.165) is 38.8 Å². The molecule has 0 aromatic rings. The maximum Gasteiger partial charge on any atom is 0.241 e. The van der Waals surface area contributed by atoms with E-state index in [1.54, 1.807) is 0 Å². The molecule has 4 unspecified atom stereocenters. The fourth-order valence-electron chi connectivity index (χ4n) is 4.26. The second-order valence-electron chi connectivity index (χ2n) is 6.60. The van der Waals surface area contributed by atoms with Gasteiger partial charge in [-0.25, -0.2) is 0 Å². The van der Waals surface area contributed by atoms with Gasteiger partial charge in [-0.3, -0.25) is 9.59 Å². The molecule has 1 heterocycles. The summed E-state index contributed by atoms with van der Waals surface area (Å²) in [5, 5.41) is 2.83. The number of hydrogen-bond donors (Lipinski definition) is 2. The van der Waals surface area contributed by atoms with Crippen molar-refractivity contribution in [2.45, 2.75) is 44.6 Å². The first kappa shape index (κ1) is 16.6. The third kappa shape index (κ3) is 3.34. The number of piperidine rings is 1. The highest BCUT2D eigenvalue weighted by molar-refractivity contribution is 5.86. The van der Waals surface area contributed by atoms with Crippen LogP contribution in [0.1, 0.15) is 38.5 Å². The van der Waals surface area contributed by atoms with E-state index in [-0.39, 0.29) is 42.7 Å². The van der Waals surface area contributed by atoms with Crippen LogP contribution in [0.25, 0.3) is 0 Å². The van der Waals surface area contributed by atoms with E-state index < -0.39 is 0 Å². The van der Waals surface area contributed by atoms with Gasteiger partial charge in [-0.15, -0.1) is 12.4 Å². The lowest BCUT2D eigenvalue weighted by Gasteiger charge is -2.29. The molecular weight excluding hydrogens is 290 g/mol. The summed E-state index contributed by atoms with van der Waals surface area (Å²) in [6.07, 6.45) is 6.75. The van der Waals surface area contributed by atoms with Crippen LogP contribution in [0.5, 0.6) is 0 Å². The van der Waals surface area contributed by atoms with E-state index in [0.29, 0.717) is 11.8 Å². The normalized spacial score (nSPS) is 34.4. The average molecular weight is 316 g/mol. The van der Waals surface area contributed by atoms with Gasteiger partial charge in [-0.2, -0.15) is 0 Å². The fourth-order valence-corrected chi connectivity index (χ4v) is 4.26. The van der Waals surface area contributed by atoms with E-state index in [1.165, 1.54) is 12.8 Å². The number of halogens is 1. The Morgan fingerprint density at radius 3 is 2.38 bits per heavy atom. The topological polar surface area (TPSA) is 75.4 Å². The first-order valence-electron chi connectivity index (χ1n) is 7.98. The van der Waals surface area contributed by atoms with Gasteiger partial charge in [0, 0.05) is 19.1 Å². The number of carbonyl (C=O) groups excluding carboxylic acids is 2. The number of fused-ring (bicyclic) bond motifs is 2. The van der Waals surface area contributed by atoms with Crippen molar-refractivity contribution in [1.82, 2.24) is 10.2 Å². The van der Waals surface area contributed by atoms with Crippen molar-refractivity contribution in [1.29, 1.82) is 0 Å². The van der Waals surface area contributed by atoms with Crippen molar-refractivity contribution in [3.8, 4) is 0 Å². The first-order chi connectivity index (χ1) is 9.66. The molecule has 120 valence electrons. The molecule has 6 heteroatoms. The first-order valence-corrected chi connectivity index (χ1v) is 7.98. The molecule has 0 spiro atoms. The highest BCUT2D eigenvalue weighted by Crippen LogP contribution is 2.47. The SMILES string of the molecule is Cl.NC1C2CCC(C2)C1C(=O)NCC(=O)N1CCCCC1. The van der Waals surface area contributed by atoms with E-state index in [4.69, 9.17) is 5.73 Å². The maximum atomic E-state index is 12.3. The summed E-state index contributed by atoms with van der Waals surface area (Å²) in [5.74, 6) is 0.946. The zero-order chi connectivity index (χ0) is 14.1. The molecule has 21 heavy (non-hydrogen) atoms. The van der Waals surface area contributed by atoms with Crippen LogP contribution in [0.4, 0.5) is 0 Å². The van der Waals surface area contributed by atoms with Gasteiger partial charge < -0.3 is 16.0 Å². The number of likely N-dealkylation sites (tertiary alicyclic amines) is 1. The minimum Gasteiger partial charge on any atom is -0.347 e. The number of amides is 2. The number of carbonyl (C=O) groups is 2. The zero-order valence-corrected chi connectivity index (χ0v) is 13.2. The van der Waals surface area contributed by atoms with E-state index in [2.05, 4.69) is 5.32 Å². The standard InChI is InChI=1S/C15H25N3O2.ClH/c16-14-11-5-4-10(8-11)13(14)15(20)17-9-12(19)18-6-2-1-3-7-18;/h10-11,13-14H,1-9,16H2,(H,17,20);1H. The van der Waals surface area contributed by atoms with Crippen LogP contribution in [-0.4, -0.2) is 42.4 Å². The molecular formula is C15H26ClN3O2. The van der Waals surface area contributed by atoms with Gasteiger partial charge in [0.1, 0.15) is 0 Å². The molecule has 3 aliphatic rings. The van der Waals surface area contributed by atoms with Gasteiger partial charge in [0.25, 0.3) is 0 Å². The van der Waals surface area contributed by atoms with E-state index in [9.17, 15) is 9.59 Å². The molecule has 2 aliphatic carbocycles. The van der Waals surface area contributed by atoms with E-state index in [1.807, 2.05) is 4.90 Å². The number of nitrogens with zero attached hydrogens (tertiary/aromatic N) is 1. The molecule has 2 bridgehead atoms. The molecule has 0 aromatic heterocycles. The van der Waals surface area contributed by atoms with Gasteiger partial charge in [-0.05, 0) is 50.4 Å². The maximum absolute atomic E-state index is 12.3. The van der Waals surface area contributed by atoms with E-state index >= 15 is 0 Å². The van der Waals surface area contributed by atoms with Crippen LogP contribution in [0.15, 0.2) is 0 Å². The van der Waals surface area contributed by atoms with Crippen molar-refractivity contribution in [3.63, 3.8) is 0 Å². The number of nitrogens with one attached hydrogen (secondary N) is 1. The Hall–Kier alpha value is -0.810. The molecule has 5 nitrogen and oxygen atoms in total. The summed E-state index contributed by atoms with van der Waals surface area (Å²) in [6.45, 7) is 1.81. The molecule has 0 aromatic carbocycles. The second-order valence-corrected chi connectivity index (χ2v) is 6.60. The Bertz CT molecular complexity index is 396. The van der Waals surface area contributed by atoms with Crippen LogP contribution < -0.4 is 11.1 Å². The number of hydrogen-bond acceptors (Lipinski definition) is 3. The molecule has 2 saturated carbocycles. The predicted molar refractivity (Wildman–Crippen MR) is 83.0 cm³/mol. The lowest BCUT2D eigenvalue weighted by Crippen LogP contribution is -2.48. The fraction of sp³-hybridized carbons (Fsp3) is 0.867. The summed E-state index contributed by atoms with van der Waals surface area (Å²) in [5.41, 5.74) is 6.16. The smallest absolute Gasteiger partial charge is 0.241 e. The van der Waals surface area contributed by atoms with Crippen molar-refractivity contribution in [2.24, 2.45) is 23.5 Å². The third-order valence-corrected chi connectivity index (χ3v) is 5.41. The van der Waals surface area contributed by atoms with Crippen LogP contribution >= 0.6 is 12.4 Å². The summed E-state index contributed by atoms with van der Waals surface area (Å²) >= 11 is 0. The van der Waals surface area contributed by atoms with Crippen LogP contribution in [0, 0.1) is 17.8 Å². The Morgan fingerprint density at radius 2 is 1.76 bits per heavy atom. The molecule has 1 aliphatic heterocycles. The van der Waals surface area contributed by atoms with Crippen LogP contribution in [0.3, 0.4) is 0 Å². The number of nitrogens with two attached hydrogens (primary N) is 1. The van der Waals surface area contributed by atoms with Gasteiger partial charge >= 0.3 is 0 Å². The molecule has 3 fully saturated rings. The lowest BCUT2D eigenvalue weighted by atomic mass is 9.84. The third-order valence-electron chi connectivity index (χ3n) is 5.41. The Morgan fingerprint density at radius 1 is 1.10 bits per heavy atom. The van der Waals surface area contributed by atoms with Crippen molar-refractivity contribution >= 4 is 24.2 Å². The molecule has 3 N–H and O–H groups in total. The highest BCUT2D eigenvalue weighted by Gasteiger charge is 2.49. The predicted octanol–water partition coefficient (Wildman–Crippen LogP) is 0.910. The van der Waals surface area contributed by atoms with Gasteiger partial charge in [0.05, 0.1) is 12.5 Å². The molecule has 4 atom stereocenters. The zero-order valence-electron chi connectivity index (χ0n) is 12.4. The molecule has 2 amide bonds. The van der Waals surface area contributed by atoms with Crippen LogP contribution in [0.2, 0.25) is 0 Å². The van der Waals surface area contributed by atoms with Crippen LogP contribution in [-0.2, 0) is 9.59 Å². The quantitative estimate of drug-likeness (QED) is 0.813. The summed E-state index contributed by atoms with van der Waals surface area (Å²) in [6, 6.07) is -0.00108. The lowest BCUT2D eigenvalue weighted by molar-refractivity contribution is -0.135. The Balaban J connectivity index is 0.00000161. The van der Waals surface area contributed by atoms with Crippen molar-refractivity contribution in [3.05, 3.63) is 0 Å². The summed E-state index contributed by atoms with van der Waals surface area (Å²) in [7, 11) is 0. The van der Waals surface area contributed by atoms with Crippen molar-refractivity contribution < 1.29 is 9.59 Å². The monoisotopic (exact) mass is 315 g/mol. The summed E-state index contributed by atoms with van der Waals surface area (Å²) in [4.78, 5) is 26.2. The molecule has 0 radical (unpaired) electrons. The average Bonchev–Trinajstić information content (AvgIpc) is 3.06. The number of rotatable bonds is 3. The van der Waals surface area contributed by atoms with Crippen molar-refractivity contribution in [2.75, 3.05) is 19.6 Å². The highest BCUT2D eigenvalue weighted by atomic mass is 35.5. The van der Waals surface area contributed by atoms with Gasteiger partial charge in [-0.1, -0.05) is 0 Å². The minimum absolute atomic E-state index is 0. The Kier molecular flexibility index (Phi) is 5.49. The molecule has 1 saturated heterocycles. The second kappa shape index (κ2) is 6.97. The Labute approximate surface area is 132 Å². The minimum atomic E-state index is -0.0668. The van der Waals surface area contributed by atoms with Gasteiger partial charge in [0.2, 0.25) is 11.8 Å². The largest absolute Gasteiger partial charge is 0.347 e. The van der Waals surface area contributed by atoms with Gasteiger partial charge in [0.15, 0.2) is 0 Å². The summed E-state index contributed by atoms with van der Waals surface area (Å²) < 4.78 is 0.